The fraction of sp³-hybridized carbons (Fsp3) is 0.327. The summed E-state index contributed by atoms with van der Waals surface area (Å²) in [4.78, 5) is 12.5. The highest BCUT2D eigenvalue weighted by Gasteiger charge is 2.55. The van der Waals surface area contributed by atoms with Gasteiger partial charge in [-0.2, -0.15) is 0 Å². The first kappa shape index (κ1) is 67.5. The van der Waals surface area contributed by atoms with Crippen LogP contribution in [0.5, 0.6) is 5.75 Å². The Bertz CT molecular complexity index is 4890. The number of nitrogens with zero attached hydrogens (tertiary/aromatic N) is 4. The molecule has 11 aliphatic rings. The third kappa shape index (κ3) is 12.1. The van der Waals surface area contributed by atoms with E-state index in [1.165, 1.54) is 157 Å². The summed E-state index contributed by atoms with van der Waals surface area (Å²) in [6.45, 7) is 14.2. The summed E-state index contributed by atoms with van der Waals surface area (Å²) < 4.78 is 7.77. The molecule has 0 radical (unpaired) electrons. The molecule has 8 aromatic rings. The molecule has 8 aromatic carbocycles. The first-order valence-electron chi connectivity index (χ1n) is 40.5. The van der Waals surface area contributed by atoms with Crippen LogP contribution in [0.3, 0.4) is 0 Å². The molecule has 4 aliphatic heterocycles. The zero-order valence-corrected chi connectivity index (χ0v) is 63.8. The van der Waals surface area contributed by atoms with Crippen molar-refractivity contribution in [2.75, 3.05) is 19.6 Å². The van der Waals surface area contributed by atoms with Crippen LogP contribution in [0.1, 0.15) is 167 Å². The number of allylic oxidation sites excluding steroid dienone is 13. The molecule has 0 spiro atoms. The van der Waals surface area contributed by atoms with Gasteiger partial charge in [-0.15, -0.1) is 11.8 Å². The number of hydrogen-bond acceptors (Lipinski definition) is 6. The van der Waals surface area contributed by atoms with Gasteiger partial charge < -0.3 is 24.3 Å². The Labute approximate surface area is 636 Å². The van der Waals surface area contributed by atoms with Gasteiger partial charge in [-0.05, 0) is 199 Å². The van der Waals surface area contributed by atoms with Gasteiger partial charge in [0.1, 0.15) is 5.75 Å². The van der Waals surface area contributed by atoms with Crippen LogP contribution in [-0.2, 0) is 10.8 Å². The normalized spacial score (nSPS) is 23.6. The van der Waals surface area contributed by atoms with Gasteiger partial charge in [-0.25, -0.2) is 0 Å². The second-order valence-corrected chi connectivity index (χ2v) is 35.5. The minimum absolute atomic E-state index is 0.0106. The Hall–Kier alpha value is -9.10. The van der Waals surface area contributed by atoms with Gasteiger partial charge in [0.2, 0.25) is 13.4 Å². The highest BCUT2D eigenvalue weighted by molar-refractivity contribution is 8.00. The summed E-state index contributed by atoms with van der Waals surface area (Å²) in [5.74, 6) is 2.43. The predicted octanol–water partition coefficient (Wildman–Crippen LogP) is 24.6. The maximum atomic E-state index is 7.77. The summed E-state index contributed by atoms with van der Waals surface area (Å²) in [5.41, 5.74) is 29.2. The Kier molecular flexibility index (Phi) is 17.6. The average Bonchev–Trinajstić information content (AvgIpc) is 0.693. The minimum atomic E-state index is -0.0111. The number of para-hydroxylation sites is 3. The van der Waals surface area contributed by atoms with Crippen molar-refractivity contribution >= 4 is 75.9 Å². The van der Waals surface area contributed by atoms with Gasteiger partial charge in [0, 0.05) is 96.7 Å². The second kappa shape index (κ2) is 27.6. The number of anilines is 7. The zero-order chi connectivity index (χ0) is 71.4. The van der Waals surface area contributed by atoms with E-state index in [0.29, 0.717) is 17.9 Å². The van der Waals surface area contributed by atoms with Crippen LogP contribution < -0.4 is 35.3 Å². The number of benzene rings is 8. The molecule has 1 saturated carbocycles. The maximum Gasteiger partial charge on any atom is 0.229 e. The van der Waals surface area contributed by atoms with Crippen LogP contribution >= 0.6 is 11.8 Å². The van der Waals surface area contributed by atoms with Gasteiger partial charge in [0.15, 0.2) is 0 Å². The van der Waals surface area contributed by atoms with Crippen LogP contribution in [0.25, 0.3) is 22.3 Å². The van der Waals surface area contributed by atoms with Crippen LogP contribution in [0.4, 0.5) is 39.8 Å². The lowest BCUT2D eigenvalue weighted by molar-refractivity contribution is 0.186. The van der Waals surface area contributed by atoms with Crippen molar-refractivity contribution < 1.29 is 4.74 Å². The molecule has 5 nitrogen and oxygen atoms in total. The fourth-order valence-electron chi connectivity index (χ4n) is 20.6. The second-order valence-electron chi connectivity index (χ2n) is 34.3. The third-order valence-corrected chi connectivity index (χ3v) is 27.1. The molecule has 7 aliphatic carbocycles. The van der Waals surface area contributed by atoms with Gasteiger partial charge in [-0.3, -0.25) is 0 Å². The van der Waals surface area contributed by atoms with Crippen molar-refractivity contribution in [3.63, 3.8) is 0 Å². The molecule has 7 atom stereocenters. The van der Waals surface area contributed by atoms with Crippen LogP contribution in [0.15, 0.2) is 293 Å². The third-order valence-electron chi connectivity index (χ3n) is 25.8. The van der Waals surface area contributed by atoms with E-state index < -0.39 is 0 Å². The fourth-order valence-corrected chi connectivity index (χ4v) is 22.0. The van der Waals surface area contributed by atoms with E-state index in [1.807, 2.05) is 0 Å². The Morgan fingerprint density at radius 1 is 0.509 bits per heavy atom. The Morgan fingerprint density at radius 2 is 1.19 bits per heavy atom. The zero-order valence-electron chi connectivity index (χ0n) is 62.9. The lowest BCUT2D eigenvalue weighted by Crippen LogP contribution is -2.57. The monoisotopic (exact) mass is 1400 g/mol. The van der Waals surface area contributed by atoms with Crippen molar-refractivity contribution in [1.29, 1.82) is 0 Å². The van der Waals surface area contributed by atoms with Crippen LogP contribution in [-0.4, -0.2) is 36.9 Å². The number of ether oxygens (including phenoxy) is 1. The molecule has 0 N–H and O–H groups in total. The number of fused-ring (bicyclic) bond motifs is 7. The molecule has 0 amide bonds. The molecule has 0 saturated heterocycles. The van der Waals surface area contributed by atoms with E-state index in [1.54, 1.807) is 5.57 Å². The molecular formula is C98H100B2N4OS. The molecule has 106 heavy (non-hydrogen) atoms. The van der Waals surface area contributed by atoms with Gasteiger partial charge in [0.05, 0.1) is 17.5 Å². The first-order valence-corrected chi connectivity index (χ1v) is 41.4. The highest BCUT2D eigenvalue weighted by Crippen LogP contribution is 2.60. The molecule has 8 heteroatoms. The summed E-state index contributed by atoms with van der Waals surface area (Å²) in [7, 11) is 0. The quantitative estimate of drug-likeness (QED) is 0.0892. The molecule has 1 fully saturated rings. The minimum Gasteiger partial charge on any atom is -0.491 e. The van der Waals surface area contributed by atoms with E-state index >= 15 is 0 Å². The van der Waals surface area contributed by atoms with E-state index in [2.05, 4.69) is 328 Å². The molecule has 0 aromatic heterocycles. The number of hydrogen-bond donors (Lipinski definition) is 0. The van der Waals surface area contributed by atoms with Crippen molar-refractivity contribution in [3.05, 3.63) is 305 Å². The maximum absolute atomic E-state index is 7.77. The predicted molar refractivity (Wildman–Crippen MR) is 452 cm³/mol. The molecule has 4 heterocycles. The Balaban J connectivity index is 0.866. The molecular weight excluding hydrogens is 1300 g/mol. The van der Waals surface area contributed by atoms with Crippen molar-refractivity contribution in [1.82, 2.24) is 0 Å². The van der Waals surface area contributed by atoms with Gasteiger partial charge in [0.25, 0.3) is 0 Å². The van der Waals surface area contributed by atoms with Crippen molar-refractivity contribution in [2.45, 2.75) is 201 Å². The molecule has 7 unspecified atom stereocenters. The lowest BCUT2D eigenvalue weighted by Gasteiger charge is -2.52. The SMILES string of the molecule is CC(C)(C)c1ccc(-c2cccc(-c3ccc(C(C)(C)C)cc3)c2N2C3=CC4Sc5cc(N(C6C=C(C7CCCCC7)CCC6)C6C=CC(c7ccccc7)CC6)cc6c5B(C5=C(CCC=C5)N6C5=CC=CCC5)C4C=C3B3c4c(cc(N(c5ccccc5)c5ccccc5)cc42)OC2CCC=CC32)cc1. The van der Waals surface area contributed by atoms with Gasteiger partial charge >= 0.3 is 0 Å². The smallest absolute Gasteiger partial charge is 0.229 e. The molecule has 0 bridgehead atoms. The van der Waals surface area contributed by atoms with Crippen molar-refractivity contribution in [3.8, 4) is 28.0 Å². The van der Waals surface area contributed by atoms with E-state index in [4.69, 9.17) is 4.74 Å². The van der Waals surface area contributed by atoms with Gasteiger partial charge in [-0.1, -0.05) is 272 Å². The van der Waals surface area contributed by atoms with Crippen LogP contribution in [0, 0.1) is 5.92 Å². The topological polar surface area (TPSA) is 22.2 Å². The lowest BCUT2D eigenvalue weighted by atomic mass is 9.25. The van der Waals surface area contributed by atoms with Crippen molar-refractivity contribution in [2.24, 2.45) is 5.92 Å². The number of thioether (sulfide) groups is 1. The van der Waals surface area contributed by atoms with Crippen LogP contribution in [0.2, 0.25) is 11.6 Å². The first-order chi connectivity index (χ1) is 51.8. The summed E-state index contributed by atoms with van der Waals surface area (Å²) in [6, 6.07) is 70.8. The largest absolute Gasteiger partial charge is 0.491 e. The highest BCUT2D eigenvalue weighted by atomic mass is 32.2. The average molecular weight is 1400 g/mol. The molecule has 530 valence electrons. The Morgan fingerprint density at radius 3 is 1.86 bits per heavy atom. The van der Waals surface area contributed by atoms with E-state index in [9.17, 15) is 0 Å². The van der Waals surface area contributed by atoms with E-state index in [0.717, 1.165) is 74.2 Å². The summed E-state index contributed by atoms with van der Waals surface area (Å²) in [5, 5.41) is 0.0936. The summed E-state index contributed by atoms with van der Waals surface area (Å²) >= 11 is 2.18. The summed E-state index contributed by atoms with van der Waals surface area (Å²) in [6.07, 6.45) is 50.0. The number of rotatable bonds is 12. The standard InChI is InChI=1S/C98H100B2N4OS/c1-97(2,3)71-52-46-68(47-53-71)80-40-27-41-81(69-48-54-72(55-49-69)98(4,5)6)96(80)104-87-64-92-85(63-84(87)100-83-43-23-25-45-90(83)105-91-61-78(59-88(104)94(91)100)101(73-33-16-9-17-34-73)74-35-18-10-19-36-74)99-82-42-22-24-44-86(82)103(75-37-20-11-21-38-75)89-60-79(62-93(106-92)95(89)99)102(76-56-50-67(51-57-76)65-28-12-7-13-29-65)77-39-26-32-70(58-77)66-30-14-8-15-31-66/h7,9-13,16-20,22-23,27-29,33-37,40-43,46-50,52-56,58-64,66-67,76-77,83,85,90,92H,8,14-15,21,24-26,30-32,38-39,44-45,51,57H2,1-6H3. The molecule has 19 rings (SSSR count). The van der Waals surface area contributed by atoms with E-state index in [-0.39, 0.29) is 53.3 Å².